The number of nitrogens with one attached hydrogen (secondary N) is 2. The van der Waals surface area contributed by atoms with Crippen molar-refractivity contribution < 1.29 is 17.9 Å². The van der Waals surface area contributed by atoms with E-state index in [0.717, 1.165) is 22.4 Å². The molecule has 0 heterocycles. The molecule has 2 rings (SSSR count). The minimum absolute atomic E-state index is 0.184. The van der Waals surface area contributed by atoms with Crippen LogP contribution in [0.3, 0.4) is 0 Å². The summed E-state index contributed by atoms with van der Waals surface area (Å²) >= 11 is 0. The standard InChI is InChI=1S/C17H20N2O3S/c1-11-5-7-16(8-6-11)23(21,22)19-14(4)18-17-12(2)9-15(20)10-13(17)3/h5-10,20H,1-4H3,(H,18,19)/p+1. The number of amidine groups is 1. The van der Waals surface area contributed by atoms with E-state index in [4.69, 9.17) is 0 Å². The van der Waals surface area contributed by atoms with Gasteiger partial charge in [0.05, 0.1) is 0 Å². The third kappa shape index (κ3) is 4.10. The Bertz CT molecular complexity index is 831. The van der Waals surface area contributed by atoms with Crippen molar-refractivity contribution in [3.63, 3.8) is 0 Å². The molecule has 23 heavy (non-hydrogen) atoms. The minimum atomic E-state index is -3.63. The number of aryl methyl sites for hydroxylation is 3. The normalized spacial score (nSPS) is 12.3. The van der Waals surface area contributed by atoms with Crippen molar-refractivity contribution in [3.8, 4) is 5.75 Å². The number of phenolic OH excluding ortho intramolecular Hbond substituents is 1. The van der Waals surface area contributed by atoms with E-state index in [1.54, 1.807) is 43.3 Å². The lowest BCUT2D eigenvalue weighted by molar-refractivity contribution is -0.268. The molecule has 0 saturated carbocycles. The average molecular weight is 333 g/mol. The van der Waals surface area contributed by atoms with E-state index in [0.29, 0.717) is 5.84 Å². The smallest absolute Gasteiger partial charge is 0.328 e. The first-order chi connectivity index (χ1) is 10.7. The Labute approximate surface area is 136 Å². The maximum absolute atomic E-state index is 12.4. The SMILES string of the molecule is CC(Nc1c(C)cc(O)cc1C)=[NH+]S(=O)(=O)c1ccc(C)cc1. The highest BCUT2D eigenvalue weighted by Crippen LogP contribution is 2.25. The number of anilines is 1. The Morgan fingerprint density at radius 3 is 2.09 bits per heavy atom. The summed E-state index contributed by atoms with van der Waals surface area (Å²) < 4.78 is 27.2. The molecule has 5 nitrogen and oxygen atoms in total. The quantitative estimate of drug-likeness (QED) is 0.453. The number of phenols is 1. The highest BCUT2D eigenvalue weighted by Gasteiger charge is 2.17. The second-order valence-corrected chi connectivity index (χ2v) is 7.31. The zero-order chi connectivity index (χ0) is 17.2. The highest BCUT2D eigenvalue weighted by molar-refractivity contribution is 7.84. The molecule has 0 aromatic heterocycles. The number of hydrogen-bond acceptors (Lipinski definition) is 3. The van der Waals surface area contributed by atoms with E-state index < -0.39 is 10.0 Å². The first kappa shape index (κ1) is 17.0. The summed E-state index contributed by atoms with van der Waals surface area (Å²) in [5.41, 5.74) is 3.43. The lowest BCUT2D eigenvalue weighted by Gasteiger charge is -2.07. The van der Waals surface area contributed by atoms with Crippen LogP contribution in [0.5, 0.6) is 5.75 Å². The molecule has 3 N–H and O–H groups in total. The largest absolute Gasteiger partial charge is 0.508 e. The molecule has 0 radical (unpaired) electrons. The summed E-state index contributed by atoms with van der Waals surface area (Å²) in [6, 6.07) is 9.90. The van der Waals surface area contributed by atoms with Crippen LogP contribution < -0.4 is 9.71 Å². The molecular weight excluding hydrogens is 312 g/mol. The molecule has 0 aliphatic rings. The van der Waals surface area contributed by atoms with Gasteiger partial charge in [0.1, 0.15) is 16.3 Å². The van der Waals surface area contributed by atoms with Crippen molar-refractivity contribution in [1.82, 2.24) is 0 Å². The Hall–Kier alpha value is -2.34. The number of rotatable bonds is 3. The van der Waals surface area contributed by atoms with Gasteiger partial charge in [0.2, 0.25) is 0 Å². The molecule has 0 fully saturated rings. The molecule has 6 heteroatoms. The average Bonchev–Trinajstić information content (AvgIpc) is 2.42. The molecule has 0 bridgehead atoms. The molecule has 0 amide bonds. The van der Waals surface area contributed by atoms with Gasteiger partial charge in [-0.25, -0.2) is 5.32 Å². The van der Waals surface area contributed by atoms with Crippen molar-refractivity contribution in [2.45, 2.75) is 32.6 Å². The summed E-state index contributed by atoms with van der Waals surface area (Å²) in [5, 5.41) is 12.6. The fraction of sp³-hybridized carbons (Fsp3) is 0.235. The zero-order valence-corrected chi connectivity index (χ0v) is 14.5. The van der Waals surface area contributed by atoms with E-state index in [1.165, 1.54) is 0 Å². The van der Waals surface area contributed by atoms with Gasteiger partial charge in [0.25, 0.3) is 5.84 Å². The molecule has 0 atom stereocenters. The van der Waals surface area contributed by atoms with Gasteiger partial charge in [0.15, 0.2) is 0 Å². The van der Waals surface area contributed by atoms with Crippen LogP contribution in [0.25, 0.3) is 0 Å². The molecule has 122 valence electrons. The van der Waals surface area contributed by atoms with Gasteiger partial charge in [-0.1, -0.05) is 17.7 Å². The van der Waals surface area contributed by atoms with Gasteiger partial charge in [-0.15, -0.1) is 0 Å². The van der Waals surface area contributed by atoms with E-state index in [1.807, 2.05) is 20.8 Å². The van der Waals surface area contributed by atoms with Gasteiger partial charge in [0, 0.05) is 6.92 Å². The van der Waals surface area contributed by atoms with Crippen LogP contribution in [0.4, 0.5) is 5.69 Å². The predicted molar refractivity (Wildman–Crippen MR) is 91.2 cm³/mol. The first-order valence-corrected chi connectivity index (χ1v) is 8.67. The van der Waals surface area contributed by atoms with Gasteiger partial charge >= 0.3 is 10.0 Å². The van der Waals surface area contributed by atoms with E-state index >= 15 is 0 Å². The Kier molecular flexibility index (Phi) is 4.75. The monoisotopic (exact) mass is 333 g/mol. The number of benzene rings is 2. The Morgan fingerprint density at radius 1 is 1.04 bits per heavy atom. The zero-order valence-electron chi connectivity index (χ0n) is 13.6. The van der Waals surface area contributed by atoms with Crippen LogP contribution in [-0.2, 0) is 10.0 Å². The summed E-state index contributed by atoms with van der Waals surface area (Å²) in [6.07, 6.45) is 0. The van der Waals surface area contributed by atoms with Crippen LogP contribution in [0.1, 0.15) is 23.6 Å². The van der Waals surface area contributed by atoms with E-state index in [2.05, 4.69) is 9.71 Å². The molecule has 0 unspecified atom stereocenters. The van der Waals surface area contributed by atoms with Crippen LogP contribution in [-0.4, -0.2) is 19.4 Å². The van der Waals surface area contributed by atoms with Crippen LogP contribution >= 0.6 is 0 Å². The topological polar surface area (TPSA) is 80.4 Å². The molecule has 2 aromatic carbocycles. The van der Waals surface area contributed by atoms with Crippen LogP contribution in [0.2, 0.25) is 0 Å². The van der Waals surface area contributed by atoms with Gasteiger partial charge in [-0.3, -0.25) is 0 Å². The third-order valence-electron chi connectivity index (χ3n) is 3.45. The highest BCUT2D eigenvalue weighted by atomic mass is 32.2. The summed E-state index contributed by atoms with van der Waals surface area (Å²) in [4.78, 5) is 0.211. The van der Waals surface area contributed by atoms with Crippen LogP contribution in [0.15, 0.2) is 41.3 Å². The fourth-order valence-electron chi connectivity index (χ4n) is 2.33. The molecule has 0 aliphatic carbocycles. The van der Waals surface area contributed by atoms with Crippen molar-refractivity contribution in [1.29, 1.82) is 0 Å². The number of sulfonamides is 1. The number of hydrogen-bond donors (Lipinski definition) is 3. The number of aromatic hydroxyl groups is 1. The van der Waals surface area contributed by atoms with Crippen molar-refractivity contribution in [3.05, 3.63) is 53.1 Å². The second-order valence-electron chi connectivity index (χ2n) is 5.62. The minimum Gasteiger partial charge on any atom is -0.508 e. The second kappa shape index (κ2) is 6.42. The molecular formula is C17H21N2O3S+. The first-order valence-electron chi connectivity index (χ1n) is 7.19. The molecule has 0 spiro atoms. The maximum Gasteiger partial charge on any atom is 0.328 e. The summed E-state index contributed by atoms with van der Waals surface area (Å²) in [5.74, 6) is 0.575. The Balaban J connectivity index is 2.31. The fourth-order valence-corrected chi connectivity index (χ4v) is 3.40. The van der Waals surface area contributed by atoms with Gasteiger partial charge in [-0.2, -0.15) is 12.8 Å². The van der Waals surface area contributed by atoms with E-state index in [-0.39, 0.29) is 10.6 Å². The van der Waals surface area contributed by atoms with Gasteiger partial charge < -0.3 is 5.11 Å². The predicted octanol–water partition coefficient (Wildman–Crippen LogP) is 1.62. The molecule has 0 saturated heterocycles. The Morgan fingerprint density at radius 2 is 1.57 bits per heavy atom. The summed E-state index contributed by atoms with van der Waals surface area (Å²) in [7, 11) is -3.63. The van der Waals surface area contributed by atoms with Crippen LogP contribution in [0, 0.1) is 20.8 Å². The van der Waals surface area contributed by atoms with Crippen molar-refractivity contribution in [2.24, 2.45) is 0 Å². The van der Waals surface area contributed by atoms with Crippen molar-refractivity contribution in [2.75, 3.05) is 5.32 Å². The molecule has 0 aliphatic heterocycles. The van der Waals surface area contributed by atoms with E-state index in [9.17, 15) is 13.5 Å². The lowest BCUT2D eigenvalue weighted by Crippen LogP contribution is -2.77. The summed E-state index contributed by atoms with van der Waals surface area (Å²) in [6.45, 7) is 7.24. The van der Waals surface area contributed by atoms with Crippen molar-refractivity contribution >= 4 is 21.5 Å². The van der Waals surface area contributed by atoms with Gasteiger partial charge in [-0.05, 0) is 56.2 Å². The molecule has 2 aromatic rings. The lowest BCUT2D eigenvalue weighted by atomic mass is 10.1. The third-order valence-corrected chi connectivity index (χ3v) is 4.92. The maximum atomic E-state index is 12.4.